The largest absolute Gasteiger partial charge is 0.481 e. The maximum Gasteiger partial charge on any atom is 0.304 e. The van der Waals surface area contributed by atoms with E-state index < -0.39 is 11.6 Å². The summed E-state index contributed by atoms with van der Waals surface area (Å²) in [7, 11) is 0. The predicted octanol–water partition coefficient (Wildman–Crippen LogP) is 5.22. The van der Waals surface area contributed by atoms with E-state index in [1.165, 1.54) is 5.57 Å². The molecule has 3 saturated carbocycles. The number of nitrogens with one attached hydrogen (secondary N) is 1. The highest BCUT2D eigenvalue weighted by Crippen LogP contribution is 2.66. The van der Waals surface area contributed by atoms with Crippen LogP contribution in [-0.2, 0) is 14.4 Å². The molecule has 4 aliphatic carbocycles. The molecule has 4 unspecified atom stereocenters. The molecule has 0 spiro atoms. The van der Waals surface area contributed by atoms with E-state index in [4.69, 9.17) is 4.84 Å². The Balaban J connectivity index is 1.17. The Morgan fingerprint density at radius 2 is 1.85 bits per heavy atom. The third-order valence-corrected chi connectivity index (χ3v) is 10.7. The van der Waals surface area contributed by atoms with Crippen molar-refractivity contribution in [3.8, 4) is 0 Å². The number of carboxylic acid groups (broad SMARTS) is 1. The van der Waals surface area contributed by atoms with Crippen LogP contribution in [0.3, 0.4) is 0 Å². The van der Waals surface area contributed by atoms with Crippen LogP contribution in [0, 0.1) is 28.6 Å². The second kappa shape index (κ2) is 10.6. The zero-order valence-electron chi connectivity index (χ0n) is 23.4. The van der Waals surface area contributed by atoms with E-state index in [1.54, 1.807) is 0 Å². The summed E-state index contributed by atoms with van der Waals surface area (Å²) in [6.45, 7) is 6.71. The van der Waals surface area contributed by atoms with E-state index in [1.807, 2.05) is 43.3 Å². The molecule has 7 atom stereocenters. The zero-order chi connectivity index (χ0) is 27.8. The summed E-state index contributed by atoms with van der Waals surface area (Å²) >= 11 is 0. The van der Waals surface area contributed by atoms with Crippen LogP contribution in [0.25, 0.3) is 0 Å². The Bertz CT molecular complexity index is 1190. The van der Waals surface area contributed by atoms with Crippen molar-refractivity contribution in [3.63, 3.8) is 0 Å². The Morgan fingerprint density at radius 3 is 2.59 bits per heavy atom. The second-order valence-electron chi connectivity index (χ2n) is 12.8. The number of fused-ring (bicyclic) bond motifs is 5. The molecule has 7 nitrogen and oxygen atoms in total. The minimum atomic E-state index is -0.906. The molecule has 0 aliphatic heterocycles. The molecule has 1 aromatic carbocycles. The molecule has 3 fully saturated rings. The number of carbonyl (C=O) groups excluding carboxylic acids is 1. The molecule has 3 N–H and O–H groups in total. The van der Waals surface area contributed by atoms with Crippen molar-refractivity contribution < 1.29 is 24.6 Å². The molecule has 0 heterocycles. The van der Waals surface area contributed by atoms with E-state index in [0.29, 0.717) is 23.5 Å². The molecule has 5 rings (SSSR count). The number of benzene rings is 1. The van der Waals surface area contributed by atoms with Crippen LogP contribution in [0.4, 0.5) is 0 Å². The highest BCUT2D eigenvalue weighted by Gasteiger charge is 2.61. The first-order valence-electron chi connectivity index (χ1n) is 14.4. The van der Waals surface area contributed by atoms with Crippen molar-refractivity contribution >= 4 is 17.6 Å². The van der Waals surface area contributed by atoms with Crippen molar-refractivity contribution in [1.29, 1.82) is 0 Å². The summed E-state index contributed by atoms with van der Waals surface area (Å²) in [5, 5.41) is 27.4. The lowest BCUT2D eigenvalue weighted by atomic mass is 9.47. The zero-order valence-corrected chi connectivity index (χ0v) is 23.4. The number of nitrogens with zero attached hydrogens (tertiary/aromatic N) is 1. The molecule has 0 radical (unpaired) electrons. The molecular weight excluding hydrogens is 492 g/mol. The van der Waals surface area contributed by atoms with Crippen LogP contribution < -0.4 is 5.32 Å². The first-order valence-corrected chi connectivity index (χ1v) is 14.4. The lowest BCUT2D eigenvalue weighted by molar-refractivity contribution is -0.137. The minimum Gasteiger partial charge on any atom is -0.481 e. The number of hydrogen-bond donors (Lipinski definition) is 3. The number of hydrogen-bond acceptors (Lipinski definition) is 5. The SMILES string of the molecule is C[C@]12C=C/C(=N\OCC(=O)NCC(CC(=O)O)c3ccccc3)C=C1CCC1C2CC[C@@]2(C)C1CC[C@]2(C)O. The number of amides is 1. The summed E-state index contributed by atoms with van der Waals surface area (Å²) < 4.78 is 0. The van der Waals surface area contributed by atoms with Crippen molar-refractivity contribution in [2.24, 2.45) is 33.7 Å². The molecule has 0 bridgehead atoms. The average molecular weight is 535 g/mol. The first kappa shape index (κ1) is 27.6. The van der Waals surface area contributed by atoms with Crippen molar-refractivity contribution in [1.82, 2.24) is 5.32 Å². The Labute approximate surface area is 231 Å². The number of aliphatic hydroxyl groups is 1. The van der Waals surface area contributed by atoms with Gasteiger partial charge in [0.2, 0.25) is 0 Å². The second-order valence-corrected chi connectivity index (χ2v) is 12.8. The number of allylic oxidation sites excluding steroid dienone is 4. The first-order chi connectivity index (χ1) is 18.5. The van der Waals surface area contributed by atoms with E-state index in [2.05, 4.69) is 36.5 Å². The van der Waals surface area contributed by atoms with E-state index in [9.17, 15) is 19.8 Å². The van der Waals surface area contributed by atoms with Crippen LogP contribution in [0.2, 0.25) is 0 Å². The van der Waals surface area contributed by atoms with E-state index in [-0.39, 0.29) is 42.2 Å². The molecule has 0 saturated heterocycles. The standard InChI is InChI=1S/C32H42N2O5/c1-30-14-11-24(34-39-20-28(35)33-19-22(17-29(36)37)21-7-5-4-6-8-21)18-23(30)9-10-25-26(30)12-15-31(2)27(25)13-16-32(31,3)38/h4-8,11,14,18,22,25-27,38H,9-10,12-13,15-17,19-20H2,1-3H3,(H,33,35)(H,36,37)/b34-24+/t22?,25?,26?,27?,30-,31-,32-/m0/s1. The van der Waals surface area contributed by atoms with Gasteiger partial charge in [0.1, 0.15) is 5.71 Å². The van der Waals surface area contributed by atoms with Crippen LogP contribution >= 0.6 is 0 Å². The van der Waals surface area contributed by atoms with Crippen molar-refractivity contribution in [2.75, 3.05) is 13.2 Å². The van der Waals surface area contributed by atoms with Crippen LogP contribution in [0.1, 0.15) is 77.2 Å². The normalized spacial score (nSPS) is 36.8. The topological polar surface area (TPSA) is 108 Å². The van der Waals surface area contributed by atoms with Crippen LogP contribution in [-0.4, -0.2) is 46.6 Å². The minimum absolute atomic E-state index is 0.00825. The van der Waals surface area contributed by atoms with Gasteiger partial charge in [-0.25, -0.2) is 0 Å². The summed E-state index contributed by atoms with van der Waals surface area (Å²) in [5.74, 6) is 0.219. The van der Waals surface area contributed by atoms with Crippen LogP contribution in [0.5, 0.6) is 0 Å². The number of aliphatic carboxylic acids is 1. The van der Waals surface area contributed by atoms with Gasteiger partial charge in [0, 0.05) is 17.9 Å². The molecule has 4 aliphatic rings. The molecule has 1 amide bonds. The van der Waals surface area contributed by atoms with Crippen molar-refractivity contribution in [3.05, 3.63) is 59.7 Å². The third kappa shape index (κ3) is 5.18. The van der Waals surface area contributed by atoms with E-state index >= 15 is 0 Å². The Hall–Kier alpha value is -2.93. The predicted molar refractivity (Wildman–Crippen MR) is 150 cm³/mol. The van der Waals surface area contributed by atoms with Gasteiger partial charge in [0.05, 0.1) is 12.0 Å². The smallest absolute Gasteiger partial charge is 0.304 e. The highest BCUT2D eigenvalue weighted by molar-refractivity contribution is 6.05. The summed E-state index contributed by atoms with van der Waals surface area (Å²) in [6, 6.07) is 9.34. The molecular formula is C32H42N2O5. The van der Waals surface area contributed by atoms with Crippen LogP contribution in [0.15, 0.2) is 59.3 Å². The lowest BCUT2D eigenvalue weighted by Crippen LogP contribution is -2.53. The van der Waals surface area contributed by atoms with Gasteiger partial charge in [-0.3, -0.25) is 9.59 Å². The van der Waals surface area contributed by atoms with Gasteiger partial charge in [0.15, 0.2) is 6.61 Å². The van der Waals surface area contributed by atoms with Gasteiger partial charge in [-0.05, 0) is 86.3 Å². The lowest BCUT2D eigenvalue weighted by Gasteiger charge is -2.58. The number of carboxylic acids is 1. The van der Waals surface area contributed by atoms with E-state index in [0.717, 1.165) is 44.1 Å². The quantitative estimate of drug-likeness (QED) is 0.396. The highest BCUT2D eigenvalue weighted by atomic mass is 16.6. The third-order valence-electron chi connectivity index (χ3n) is 10.7. The number of rotatable bonds is 8. The molecule has 1 aromatic rings. The maximum absolute atomic E-state index is 12.4. The molecule has 0 aromatic heterocycles. The Kier molecular flexibility index (Phi) is 7.49. The average Bonchev–Trinajstić information content (AvgIpc) is 3.15. The monoisotopic (exact) mass is 534 g/mol. The maximum atomic E-state index is 12.4. The molecule has 210 valence electrons. The van der Waals surface area contributed by atoms with Crippen molar-refractivity contribution in [2.45, 2.75) is 77.2 Å². The molecule has 39 heavy (non-hydrogen) atoms. The molecule has 7 heteroatoms. The number of oxime groups is 1. The van der Waals surface area contributed by atoms with Gasteiger partial charge < -0.3 is 20.4 Å². The van der Waals surface area contributed by atoms with Gasteiger partial charge >= 0.3 is 5.97 Å². The fraction of sp³-hybridized carbons (Fsp3) is 0.594. The van der Waals surface area contributed by atoms with Gasteiger partial charge in [-0.2, -0.15) is 0 Å². The number of carbonyl (C=O) groups is 2. The van der Waals surface area contributed by atoms with Gasteiger partial charge in [0.25, 0.3) is 5.91 Å². The fourth-order valence-electron chi connectivity index (χ4n) is 8.21. The summed E-state index contributed by atoms with van der Waals surface area (Å²) in [6.07, 6.45) is 12.7. The summed E-state index contributed by atoms with van der Waals surface area (Å²) in [4.78, 5) is 29.1. The van der Waals surface area contributed by atoms with Gasteiger partial charge in [-0.15, -0.1) is 0 Å². The van der Waals surface area contributed by atoms with Gasteiger partial charge in [-0.1, -0.05) is 61.0 Å². The fourth-order valence-corrected chi connectivity index (χ4v) is 8.21. The summed E-state index contributed by atoms with van der Waals surface area (Å²) in [5.41, 5.74) is 2.41. The Morgan fingerprint density at radius 1 is 1.10 bits per heavy atom.